The van der Waals surface area contributed by atoms with E-state index in [9.17, 15) is 0 Å². The van der Waals surface area contributed by atoms with E-state index < -0.39 is 0 Å². The van der Waals surface area contributed by atoms with Gasteiger partial charge in [0.25, 0.3) is 0 Å². The maximum atomic E-state index is 6.58. The van der Waals surface area contributed by atoms with Gasteiger partial charge in [0.05, 0.1) is 5.69 Å². The molecule has 1 heterocycles. The molecule has 0 bridgehead atoms. The van der Waals surface area contributed by atoms with Gasteiger partial charge in [-0.05, 0) is 109 Å². The number of para-hydroxylation sites is 1. The Balaban J connectivity index is 1.16. The molecular weight excluding hydrogens is 679 g/mol. The van der Waals surface area contributed by atoms with Crippen LogP contribution in [-0.2, 0) is 0 Å². The molecule has 0 fully saturated rings. The number of hydrogen-bond donors (Lipinski definition) is 0. The van der Waals surface area contributed by atoms with Crippen LogP contribution in [0.2, 0.25) is 0 Å². The lowest BCUT2D eigenvalue weighted by atomic mass is 9.95. The van der Waals surface area contributed by atoms with Crippen molar-refractivity contribution < 1.29 is 4.42 Å². The van der Waals surface area contributed by atoms with E-state index in [-0.39, 0.29) is 0 Å². The second kappa shape index (κ2) is 13.2. The highest BCUT2D eigenvalue weighted by Gasteiger charge is 2.22. The molecule has 0 aliphatic heterocycles. The van der Waals surface area contributed by atoms with Crippen molar-refractivity contribution in [3.8, 4) is 33.4 Å². The highest BCUT2D eigenvalue weighted by molar-refractivity contribution is 6.16. The van der Waals surface area contributed by atoms with Crippen molar-refractivity contribution in [3.05, 3.63) is 212 Å². The van der Waals surface area contributed by atoms with Crippen LogP contribution in [0.25, 0.3) is 87.6 Å². The second-order valence-corrected chi connectivity index (χ2v) is 14.5. The summed E-state index contributed by atoms with van der Waals surface area (Å²) < 4.78 is 6.58. The Morgan fingerprint density at radius 2 is 0.786 bits per heavy atom. The van der Waals surface area contributed by atoms with E-state index >= 15 is 0 Å². The topological polar surface area (TPSA) is 16.4 Å². The first-order chi connectivity index (χ1) is 27.8. The number of benzene rings is 10. The van der Waals surface area contributed by atoms with Crippen LogP contribution < -0.4 is 4.90 Å². The minimum absolute atomic E-state index is 0.880. The van der Waals surface area contributed by atoms with Crippen LogP contribution in [0.3, 0.4) is 0 Å². The first-order valence-electron chi connectivity index (χ1n) is 19.2. The molecule has 0 saturated heterocycles. The van der Waals surface area contributed by atoms with Gasteiger partial charge in [-0.2, -0.15) is 0 Å². The van der Waals surface area contributed by atoms with E-state index in [1.165, 1.54) is 54.6 Å². The first kappa shape index (κ1) is 32.0. The van der Waals surface area contributed by atoms with Crippen molar-refractivity contribution in [2.75, 3.05) is 4.90 Å². The predicted octanol–water partition coefficient (Wildman–Crippen LogP) is 15.5. The average molecular weight is 714 g/mol. The van der Waals surface area contributed by atoms with Crippen molar-refractivity contribution in [1.82, 2.24) is 0 Å². The highest BCUT2D eigenvalue weighted by Crippen LogP contribution is 2.46. The summed E-state index contributed by atoms with van der Waals surface area (Å²) in [4.78, 5) is 2.43. The van der Waals surface area contributed by atoms with Crippen LogP contribution >= 0.6 is 0 Å². The Labute approximate surface area is 325 Å². The molecule has 11 rings (SSSR count). The predicted molar refractivity (Wildman–Crippen MR) is 237 cm³/mol. The van der Waals surface area contributed by atoms with Crippen LogP contribution in [0, 0.1) is 0 Å². The number of rotatable bonds is 6. The molecule has 0 amide bonds. The SMILES string of the molecule is c1cc(-c2cccc3ccccc23)cc(N(c2cccc(-c3cccc4ccccc34)c2)c2ccccc2-c2cccc3oc4cc5ccccc5cc4c23)c1. The van der Waals surface area contributed by atoms with Gasteiger partial charge in [0.15, 0.2) is 0 Å². The zero-order valence-electron chi connectivity index (χ0n) is 30.6. The van der Waals surface area contributed by atoms with Crippen molar-refractivity contribution in [3.63, 3.8) is 0 Å². The Bertz CT molecular complexity index is 3150. The minimum atomic E-state index is 0.880. The smallest absolute Gasteiger partial charge is 0.136 e. The molecule has 0 aliphatic carbocycles. The van der Waals surface area contributed by atoms with E-state index in [2.05, 4.69) is 217 Å². The summed E-state index contributed by atoms with van der Waals surface area (Å²) in [6.07, 6.45) is 0. The van der Waals surface area contributed by atoms with Crippen molar-refractivity contribution in [2.45, 2.75) is 0 Å². The molecule has 2 nitrogen and oxygen atoms in total. The van der Waals surface area contributed by atoms with E-state index in [1.54, 1.807) is 0 Å². The van der Waals surface area contributed by atoms with Gasteiger partial charge in [0, 0.05) is 27.7 Å². The molecule has 0 N–H and O–H groups in total. The summed E-state index contributed by atoms with van der Waals surface area (Å²) in [6.45, 7) is 0. The monoisotopic (exact) mass is 713 g/mol. The van der Waals surface area contributed by atoms with Gasteiger partial charge in [0.1, 0.15) is 11.2 Å². The summed E-state index contributed by atoms with van der Waals surface area (Å²) in [6, 6.07) is 76.6. The van der Waals surface area contributed by atoms with Crippen LogP contribution in [0.1, 0.15) is 0 Å². The number of anilines is 3. The molecule has 0 atom stereocenters. The average Bonchev–Trinajstić information content (AvgIpc) is 3.63. The highest BCUT2D eigenvalue weighted by atomic mass is 16.3. The fourth-order valence-corrected chi connectivity index (χ4v) is 8.64. The maximum absolute atomic E-state index is 6.58. The lowest BCUT2D eigenvalue weighted by molar-refractivity contribution is 0.669. The van der Waals surface area contributed by atoms with Crippen molar-refractivity contribution >= 4 is 71.3 Å². The van der Waals surface area contributed by atoms with Crippen molar-refractivity contribution in [1.29, 1.82) is 0 Å². The Kier molecular flexibility index (Phi) is 7.53. The van der Waals surface area contributed by atoms with Gasteiger partial charge >= 0.3 is 0 Å². The van der Waals surface area contributed by atoms with E-state index in [0.29, 0.717) is 0 Å². The van der Waals surface area contributed by atoms with E-state index in [0.717, 1.165) is 50.1 Å². The van der Waals surface area contributed by atoms with Gasteiger partial charge in [-0.3, -0.25) is 0 Å². The summed E-state index contributed by atoms with van der Waals surface area (Å²) in [5, 5.41) is 9.54. The molecule has 11 aromatic rings. The Morgan fingerprint density at radius 1 is 0.304 bits per heavy atom. The number of nitrogens with zero attached hydrogens (tertiary/aromatic N) is 1. The minimum Gasteiger partial charge on any atom is -0.456 e. The number of hydrogen-bond acceptors (Lipinski definition) is 2. The summed E-state index contributed by atoms with van der Waals surface area (Å²) in [5.74, 6) is 0. The third-order valence-corrected chi connectivity index (χ3v) is 11.2. The summed E-state index contributed by atoms with van der Waals surface area (Å²) in [7, 11) is 0. The van der Waals surface area contributed by atoms with Crippen molar-refractivity contribution in [2.24, 2.45) is 0 Å². The lowest BCUT2D eigenvalue weighted by Crippen LogP contribution is -2.11. The van der Waals surface area contributed by atoms with Gasteiger partial charge in [-0.15, -0.1) is 0 Å². The molecule has 0 spiro atoms. The largest absolute Gasteiger partial charge is 0.456 e. The molecule has 10 aromatic carbocycles. The third-order valence-electron chi connectivity index (χ3n) is 11.2. The standard InChI is InChI=1S/C54H35NO/c1-2-17-39-35-53-50(34-38(39)16-1)54-49(29-13-31-52(54)56-53)48-26-7-8-30-51(48)55(42-22-9-20-40(32-42)46-27-11-18-36-14-3-5-24-44(36)46)43-23-10-21-41(33-43)47-28-12-19-37-15-4-6-25-45(37)47/h1-35H. The molecule has 0 aliphatic rings. The second-order valence-electron chi connectivity index (χ2n) is 14.5. The maximum Gasteiger partial charge on any atom is 0.136 e. The van der Waals surface area contributed by atoms with Gasteiger partial charge < -0.3 is 9.32 Å². The molecule has 2 heteroatoms. The van der Waals surface area contributed by atoms with E-state index in [4.69, 9.17) is 4.42 Å². The fraction of sp³-hybridized carbons (Fsp3) is 0. The fourth-order valence-electron chi connectivity index (χ4n) is 8.64. The molecule has 1 aromatic heterocycles. The molecule has 0 radical (unpaired) electrons. The summed E-state index contributed by atoms with van der Waals surface area (Å²) in [5.41, 5.74) is 12.0. The first-order valence-corrected chi connectivity index (χ1v) is 19.2. The molecule has 0 saturated carbocycles. The van der Waals surface area contributed by atoms with Gasteiger partial charge in [0.2, 0.25) is 0 Å². The number of fused-ring (bicyclic) bond motifs is 6. The molecule has 0 unspecified atom stereocenters. The molecular formula is C54H35NO. The third kappa shape index (κ3) is 5.34. The van der Waals surface area contributed by atoms with Crippen LogP contribution in [-0.4, -0.2) is 0 Å². The zero-order chi connectivity index (χ0) is 37.0. The normalized spacial score (nSPS) is 11.6. The van der Waals surface area contributed by atoms with Crippen LogP contribution in [0.5, 0.6) is 0 Å². The lowest BCUT2D eigenvalue weighted by Gasteiger charge is -2.29. The molecule has 56 heavy (non-hydrogen) atoms. The van der Waals surface area contributed by atoms with Crippen LogP contribution in [0.15, 0.2) is 217 Å². The van der Waals surface area contributed by atoms with E-state index in [1.807, 2.05) is 0 Å². The Morgan fingerprint density at radius 3 is 1.45 bits per heavy atom. The number of furan rings is 1. The van der Waals surface area contributed by atoms with Gasteiger partial charge in [-0.1, -0.05) is 164 Å². The quantitative estimate of drug-likeness (QED) is 0.171. The molecule has 262 valence electrons. The van der Waals surface area contributed by atoms with Crippen LogP contribution in [0.4, 0.5) is 17.1 Å². The zero-order valence-corrected chi connectivity index (χ0v) is 30.6. The van der Waals surface area contributed by atoms with Gasteiger partial charge in [-0.25, -0.2) is 0 Å². The Hall–Kier alpha value is -7.42. The summed E-state index contributed by atoms with van der Waals surface area (Å²) >= 11 is 0.